The molecule has 0 heterocycles. The van der Waals surface area contributed by atoms with Crippen LogP contribution in [0.2, 0.25) is 0 Å². The Balaban J connectivity index is 1.62. The summed E-state index contributed by atoms with van der Waals surface area (Å²) in [6.07, 6.45) is 43.7. The Hall–Kier alpha value is -3.02. The molecule has 0 fully saturated rings. The van der Waals surface area contributed by atoms with Gasteiger partial charge in [-0.25, -0.2) is 0 Å². The summed E-state index contributed by atoms with van der Waals surface area (Å²) < 4.78 is 11.9. The minimum absolute atomic E-state index is 0.150. The lowest BCUT2D eigenvalue weighted by atomic mass is 9.83. The van der Waals surface area contributed by atoms with Crippen molar-refractivity contribution in [2.45, 2.75) is 245 Å². The predicted molar refractivity (Wildman–Crippen MR) is 260 cm³/mol. The molecule has 0 saturated heterocycles. The first-order valence-corrected chi connectivity index (χ1v) is 25.1. The number of benzene rings is 2. The maximum Gasteiger partial charge on any atom is 0.128 e. The SMILES string of the molecule is CCCCCCCCCCCCCCCCCOc1ccc(C=NC(C)(C)C(C)(C)N=Cc2ccc(OCCCCCCCCCCCCCCCCC)cc2O)c(O)c1. The number of unbranched alkanes of at least 4 members (excludes halogenated alkanes) is 28. The van der Waals surface area contributed by atoms with Gasteiger partial charge < -0.3 is 19.7 Å². The molecule has 0 unspecified atom stereocenters. The van der Waals surface area contributed by atoms with Gasteiger partial charge in [0.2, 0.25) is 0 Å². The van der Waals surface area contributed by atoms with Gasteiger partial charge in [-0.3, -0.25) is 9.98 Å². The molecule has 2 rings (SSSR count). The molecule has 0 atom stereocenters. The van der Waals surface area contributed by atoms with E-state index in [2.05, 4.69) is 13.8 Å². The number of hydrogen-bond donors (Lipinski definition) is 2. The van der Waals surface area contributed by atoms with Crippen molar-refractivity contribution in [3.63, 3.8) is 0 Å². The van der Waals surface area contributed by atoms with Crippen molar-refractivity contribution >= 4 is 12.4 Å². The molecule has 342 valence electrons. The first-order chi connectivity index (χ1) is 29.1. The molecule has 0 aliphatic rings. The molecule has 0 aliphatic carbocycles. The maximum atomic E-state index is 10.8. The van der Waals surface area contributed by atoms with Crippen LogP contribution in [-0.4, -0.2) is 46.9 Å². The molecule has 2 aromatic carbocycles. The van der Waals surface area contributed by atoms with Crippen LogP contribution in [0.1, 0.15) is 245 Å². The van der Waals surface area contributed by atoms with Gasteiger partial charge in [0.1, 0.15) is 23.0 Å². The van der Waals surface area contributed by atoms with Crippen molar-refractivity contribution in [2.24, 2.45) is 9.98 Å². The van der Waals surface area contributed by atoms with Crippen LogP contribution in [0.3, 0.4) is 0 Å². The van der Waals surface area contributed by atoms with Gasteiger partial charge >= 0.3 is 0 Å². The van der Waals surface area contributed by atoms with Gasteiger partial charge in [-0.2, -0.15) is 0 Å². The number of ether oxygens (including phenoxy) is 2. The quantitative estimate of drug-likeness (QED) is 0.0519. The summed E-state index contributed by atoms with van der Waals surface area (Å²) in [6, 6.07) is 10.9. The van der Waals surface area contributed by atoms with Gasteiger partial charge in [0, 0.05) is 35.7 Å². The molecule has 0 bridgehead atoms. The fourth-order valence-electron chi connectivity index (χ4n) is 7.55. The summed E-state index contributed by atoms with van der Waals surface area (Å²) in [4.78, 5) is 9.71. The van der Waals surface area contributed by atoms with Crippen molar-refractivity contribution in [1.29, 1.82) is 0 Å². The smallest absolute Gasteiger partial charge is 0.128 e. The highest BCUT2D eigenvalue weighted by molar-refractivity contribution is 5.85. The van der Waals surface area contributed by atoms with E-state index in [0.29, 0.717) is 35.8 Å². The summed E-state index contributed by atoms with van der Waals surface area (Å²) >= 11 is 0. The van der Waals surface area contributed by atoms with Gasteiger partial charge in [-0.05, 0) is 64.8 Å². The van der Waals surface area contributed by atoms with Crippen molar-refractivity contribution < 1.29 is 19.7 Å². The molecule has 0 amide bonds. The molecule has 2 N–H and O–H groups in total. The summed E-state index contributed by atoms with van der Waals surface area (Å²) in [5.74, 6) is 1.66. The Morgan fingerprint density at radius 1 is 0.400 bits per heavy atom. The lowest BCUT2D eigenvalue weighted by molar-refractivity contribution is 0.302. The number of nitrogens with zero attached hydrogens (tertiary/aromatic N) is 2. The Kier molecular flexibility index (Phi) is 29.7. The normalized spacial score (nSPS) is 12.3. The van der Waals surface area contributed by atoms with Crippen LogP contribution >= 0.6 is 0 Å². The zero-order valence-corrected chi connectivity index (χ0v) is 39.9. The average Bonchev–Trinajstić information content (AvgIpc) is 3.22. The highest BCUT2D eigenvalue weighted by Gasteiger charge is 2.36. The minimum Gasteiger partial charge on any atom is -0.507 e. The summed E-state index contributed by atoms with van der Waals surface area (Å²) in [7, 11) is 0. The van der Waals surface area contributed by atoms with Crippen LogP contribution in [0, 0.1) is 0 Å². The third kappa shape index (κ3) is 25.0. The highest BCUT2D eigenvalue weighted by atomic mass is 16.5. The van der Waals surface area contributed by atoms with E-state index < -0.39 is 11.1 Å². The zero-order valence-electron chi connectivity index (χ0n) is 39.9. The number of aliphatic imine (C=N–C) groups is 2. The van der Waals surface area contributed by atoms with Gasteiger partial charge in [-0.15, -0.1) is 0 Å². The average molecular weight is 833 g/mol. The van der Waals surface area contributed by atoms with Crippen LogP contribution in [0.25, 0.3) is 0 Å². The Bertz CT molecular complexity index is 1290. The molecule has 0 aromatic heterocycles. The van der Waals surface area contributed by atoms with Gasteiger partial charge in [0.25, 0.3) is 0 Å². The lowest BCUT2D eigenvalue weighted by Gasteiger charge is -2.35. The molecular formula is C54H92N2O4. The number of phenolic OH excluding ortho intramolecular Hbond substituents is 2. The molecule has 0 radical (unpaired) electrons. The second-order valence-corrected chi connectivity index (χ2v) is 18.7. The summed E-state index contributed by atoms with van der Waals surface area (Å²) in [6.45, 7) is 14.0. The minimum atomic E-state index is -0.593. The largest absolute Gasteiger partial charge is 0.507 e. The molecular weight excluding hydrogens is 741 g/mol. The Morgan fingerprint density at radius 2 is 0.650 bits per heavy atom. The maximum absolute atomic E-state index is 10.8. The number of aromatic hydroxyl groups is 2. The van der Waals surface area contributed by atoms with Gasteiger partial charge in [0.15, 0.2) is 0 Å². The fraction of sp³-hybridized carbons (Fsp3) is 0.741. The van der Waals surface area contributed by atoms with Crippen molar-refractivity contribution in [1.82, 2.24) is 0 Å². The van der Waals surface area contributed by atoms with E-state index >= 15 is 0 Å². The predicted octanol–water partition coefficient (Wildman–Crippen LogP) is 16.7. The first kappa shape index (κ1) is 53.1. The summed E-state index contributed by atoms with van der Waals surface area (Å²) in [5.41, 5.74) is 0.0920. The fourth-order valence-corrected chi connectivity index (χ4v) is 7.55. The van der Waals surface area contributed by atoms with Crippen LogP contribution in [0.4, 0.5) is 0 Å². The van der Waals surface area contributed by atoms with E-state index in [1.807, 2.05) is 52.0 Å². The van der Waals surface area contributed by atoms with Gasteiger partial charge in [0.05, 0.1) is 24.3 Å². The molecule has 60 heavy (non-hydrogen) atoms. The van der Waals surface area contributed by atoms with E-state index in [9.17, 15) is 10.2 Å². The van der Waals surface area contributed by atoms with E-state index in [-0.39, 0.29) is 11.5 Å². The second-order valence-electron chi connectivity index (χ2n) is 18.7. The molecule has 6 nitrogen and oxygen atoms in total. The molecule has 6 heteroatoms. The first-order valence-electron chi connectivity index (χ1n) is 25.1. The molecule has 0 aliphatic heterocycles. The van der Waals surface area contributed by atoms with Crippen molar-refractivity contribution in [3.05, 3.63) is 47.5 Å². The van der Waals surface area contributed by atoms with Crippen LogP contribution in [-0.2, 0) is 0 Å². The number of phenols is 2. The topological polar surface area (TPSA) is 83.6 Å². The van der Waals surface area contributed by atoms with E-state index in [1.54, 1.807) is 24.6 Å². The van der Waals surface area contributed by atoms with E-state index in [0.717, 1.165) is 12.8 Å². The van der Waals surface area contributed by atoms with Crippen molar-refractivity contribution in [3.8, 4) is 23.0 Å². The molecule has 0 saturated carbocycles. The van der Waals surface area contributed by atoms with Crippen LogP contribution in [0.15, 0.2) is 46.4 Å². The van der Waals surface area contributed by atoms with Crippen LogP contribution < -0.4 is 9.47 Å². The standard InChI is InChI=1S/C54H92N2O4/c1-7-9-11-13-15-17-19-21-23-25-27-29-31-33-35-41-59-49-39-37-47(51(57)43-49)45-55-53(3,4)54(5,6)56-46-48-38-40-50(44-52(48)58)60-42-36-34-32-30-28-26-24-22-20-18-16-14-12-10-8-2/h37-40,43-46,57-58H,7-36,41-42H2,1-6H3. The Labute approximate surface area is 369 Å². The third-order valence-corrected chi connectivity index (χ3v) is 12.6. The van der Waals surface area contributed by atoms with Gasteiger partial charge in [-0.1, -0.05) is 194 Å². The Morgan fingerprint density at radius 3 is 0.900 bits per heavy atom. The molecule has 2 aromatic rings. The summed E-state index contributed by atoms with van der Waals surface area (Å²) in [5, 5.41) is 21.5. The van der Waals surface area contributed by atoms with Crippen LogP contribution in [0.5, 0.6) is 23.0 Å². The van der Waals surface area contributed by atoms with Crippen molar-refractivity contribution in [2.75, 3.05) is 13.2 Å². The highest BCUT2D eigenvalue weighted by Crippen LogP contribution is 2.31. The monoisotopic (exact) mass is 833 g/mol. The van der Waals surface area contributed by atoms with E-state index in [1.165, 1.54) is 180 Å². The lowest BCUT2D eigenvalue weighted by Crippen LogP contribution is -2.42. The third-order valence-electron chi connectivity index (χ3n) is 12.6. The number of rotatable bonds is 39. The zero-order chi connectivity index (χ0) is 43.6. The number of hydrogen-bond acceptors (Lipinski definition) is 6. The van der Waals surface area contributed by atoms with E-state index in [4.69, 9.17) is 19.5 Å². The molecule has 0 spiro atoms. The second kappa shape index (κ2) is 33.6.